The molecule has 0 aliphatic heterocycles. The first-order valence-corrected chi connectivity index (χ1v) is 7.58. The molecular weight excluding hydrogens is 363 g/mol. The standard InChI is InChI=1S/C15H28N4.HI/c1-12(2)19(14-8-9-14)11-10-17-15(16-3)18-13-6-4-5-7-13;/h4-5,12-14H,6-11H2,1-3H3,(H2,16,17,18);1H. The maximum atomic E-state index is 4.30. The van der Waals surface area contributed by atoms with Crippen LogP contribution in [0.25, 0.3) is 0 Å². The van der Waals surface area contributed by atoms with E-state index < -0.39 is 0 Å². The van der Waals surface area contributed by atoms with Crippen LogP contribution in [0.3, 0.4) is 0 Å². The molecule has 4 nitrogen and oxygen atoms in total. The van der Waals surface area contributed by atoms with Gasteiger partial charge in [-0.15, -0.1) is 24.0 Å². The number of nitrogens with zero attached hydrogens (tertiary/aromatic N) is 2. The van der Waals surface area contributed by atoms with Crippen molar-refractivity contribution in [2.45, 2.75) is 57.7 Å². The van der Waals surface area contributed by atoms with Crippen LogP contribution < -0.4 is 10.6 Å². The second-order valence-corrected chi connectivity index (χ2v) is 5.85. The summed E-state index contributed by atoms with van der Waals surface area (Å²) in [7, 11) is 1.85. The molecule has 2 aliphatic carbocycles. The van der Waals surface area contributed by atoms with Crippen molar-refractivity contribution in [2.75, 3.05) is 20.1 Å². The molecule has 0 spiro atoms. The van der Waals surface area contributed by atoms with Crippen LogP contribution in [0.5, 0.6) is 0 Å². The maximum absolute atomic E-state index is 4.30. The number of nitrogens with one attached hydrogen (secondary N) is 2. The smallest absolute Gasteiger partial charge is 0.191 e. The minimum Gasteiger partial charge on any atom is -0.355 e. The van der Waals surface area contributed by atoms with E-state index in [0.717, 1.165) is 37.9 Å². The molecule has 0 aromatic heterocycles. The normalized spacial score (nSPS) is 19.6. The van der Waals surface area contributed by atoms with Crippen LogP contribution in [-0.4, -0.2) is 49.1 Å². The summed E-state index contributed by atoms with van der Waals surface area (Å²) in [6.45, 7) is 6.64. The molecule has 1 saturated carbocycles. The molecule has 116 valence electrons. The monoisotopic (exact) mass is 392 g/mol. The second kappa shape index (κ2) is 8.87. The van der Waals surface area contributed by atoms with Gasteiger partial charge in [-0.1, -0.05) is 12.2 Å². The molecular formula is C15H29IN4. The Labute approximate surface area is 140 Å². The highest BCUT2D eigenvalue weighted by atomic mass is 127. The first kappa shape index (κ1) is 17.8. The molecule has 2 aliphatic rings. The SMILES string of the molecule is CN=C(NCCN(C(C)C)C1CC1)NC1CC=CC1.I. The fourth-order valence-corrected chi connectivity index (χ4v) is 2.70. The molecule has 0 bridgehead atoms. The highest BCUT2D eigenvalue weighted by molar-refractivity contribution is 14.0. The topological polar surface area (TPSA) is 39.7 Å². The van der Waals surface area contributed by atoms with Crippen molar-refractivity contribution in [3.63, 3.8) is 0 Å². The molecule has 20 heavy (non-hydrogen) atoms. The van der Waals surface area contributed by atoms with Gasteiger partial charge in [0, 0.05) is 38.3 Å². The molecule has 2 rings (SSSR count). The lowest BCUT2D eigenvalue weighted by Gasteiger charge is -2.27. The van der Waals surface area contributed by atoms with E-state index in [4.69, 9.17) is 0 Å². The highest BCUT2D eigenvalue weighted by Crippen LogP contribution is 2.27. The van der Waals surface area contributed by atoms with Crippen molar-refractivity contribution in [1.29, 1.82) is 0 Å². The molecule has 5 heteroatoms. The Kier molecular flexibility index (Phi) is 7.87. The molecule has 0 aromatic carbocycles. The van der Waals surface area contributed by atoms with Crippen molar-refractivity contribution in [3.05, 3.63) is 12.2 Å². The largest absolute Gasteiger partial charge is 0.355 e. The van der Waals surface area contributed by atoms with Gasteiger partial charge in [0.15, 0.2) is 5.96 Å². The number of guanidine groups is 1. The summed E-state index contributed by atoms with van der Waals surface area (Å²) in [6, 6.07) is 2.00. The van der Waals surface area contributed by atoms with Crippen LogP contribution in [0, 0.1) is 0 Å². The molecule has 0 atom stereocenters. The van der Waals surface area contributed by atoms with Crippen molar-refractivity contribution in [3.8, 4) is 0 Å². The number of aliphatic imine (C=N–C) groups is 1. The van der Waals surface area contributed by atoms with Gasteiger partial charge in [0.1, 0.15) is 0 Å². The lowest BCUT2D eigenvalue weighted by atomic mass is 10.2. The average molecular weight is 392 g/mol. The van der Waals surface area contributed by atoms with Gasteiger partial charge in [0.25, 0.3) is 0 Å². The van der Waals surface area contributed by atoms with Gasteiger partial charge in [-0.2, -0.15) is 0 Å². The predicted molar refractivity (Wildman–Crippen MR) is 96.9 cm³/mol. The Morgan fingerprint density at radius 1 is 1.30 bits per heavy atom. The summed E-state index contributed by atoms with van der Waals surface area (Å²) in [6.07, 6.45) is 9.44. The third-order valence-corrected chi connectivity index (χ3v) is 3.91. The number of rotatable bonds is 6. The van der Waals surface area contributed by atoms with Crippen LogP contribution in [-0.2, 0) is 0 Å². The van der Waals surface area contributed by atoms with Crippen LogP contribution in [0.2, 0.25) is 0 Å². The third kappa shape index (κ3) is 5.60. The molecule has 0 amide bonds. The van der Waals surface area contributed by atoms with Gasteiger partial charge in [-0.3, -0.25) is 9.89 Å². The Hall–Kier alpha value is -0.300. The molecule has 0 saturated heterocycles. The Bertz CT molecular complexity index is 327. The summed E-state index contributed by atoms with van der Waals surface area (Å²) in [5.41, 5.74) is 0. The minimum atomic E-state index is 0. The summed E-state index contributed by atoms with van der Waals surface area (Å²) < 4.78 is 0. The van der Waals surface area contributed by atoms with E-state index in [1.165, 1.54) is 12.8 Å². The van der Waals surface area contributed by atoms with E-state index in [1.807, 2.05) is 7.05 Å². The van der Waals surface area contributed by atoms with Crippen molar-refractivity contribution in [1.82, 2.24) is 15.5 Å². The Balaban J connectivity index is 0.00000200. The zero-order valence-electron chi connectivity index (χ0n) is 12.9. The zero-order chi connectivity index (χ0) is 13.7. The lowest BCUT2D eigenvalue weighted by Crippen LogP contribution is -2.46. The van der Waals surface area contributed by atoms with Gasteiger partial charge < -0.3 is 10.6 Å². The number of halogens is 1. The van der Waals surface area contributed by atoms with Gasteiger partial charge >= 0.3 is 0 Å². The molecule has 0 radical (unpaired) electrons. The quantitative estimate of drug-likeness (QED) is 0.316. The Morgan fingerprint density at radius 3 is 2.45 bits per heavy atom. The predicted octanol–water partition coefficient (Wildman–Crippen LogP) is 2.36. The molecule has 0 aromatic rings. The maximum Gasteiger partial charge on any atom is 0.191 e. The summed E-state index contributed by atoms with van der Waals surface area (Å²) >= 11 is 0. The second-order valence-electron chi connectivity index (χ2n) is 5.85. The molecule has 0 unspecified atom stereocenters. The summed E-state index contributed by atoms with van der Waals surface area (Å²) in [5, 5.41) is 6.91. The van der Waals surface area contributed by atoms with E-state index in [2.05, 4.69) is 46.5 Å². The number of hydrogen-bond donors (Lipinski definition) is 2. The van der Waals surface area contributed by atoms with Gasteiger partial charge in [0.05, 0.1) is 0 Å². The average Bonchev–Trinajstić information content (AvgIpc) is 3.09. The van der Waals surface area contributed by atoms with Crippen molar-refractivity contribution >= 4 is 29.9 Å². The first-order chi connectivity index (χ1) is 9.20. The fraction of sp³-hybridized carbons (Fsp3) is 0.800. The zero-order valence-corrected chi connectivity index (χ0v) is 15.3. The van der Waals surface area contributed by atoms with E-state index in [0.29, 0.717) is 12.1 Å². The minimum absolute atomic E-state index is 0. The van der Waals surface area contributed by atoms with Gasteiger partial charge in [-0.05, 0) is 39.5 Å². The van der Waals surface area contributed by atoms with Crippen molar-refractivity contribution < 1.29 is 0 Å². The van der Waals surface area contributed by atoms with E-state index in [9.17, 15) is 0 Å². The van der Waals surface area contributed by atoms with Crippen LogP contribution in [0.1, 0.15) is 39.5 Å². The van der Waals surface area contributed by atoms with Crippen LogP contribution >= 0.6 is 24.0 Å². The summed E-state index contributed by atoms with van der Waals surface area (Å²) in [5.74, 6) is 0.938. The van der Waals surface area contributed by atoms with Gasteiger partial charge in [-0.25, -0.2) is 0 Å². The lowest BCUT2D eigenvalue weighted by molar-refractivity contribution is 0.215. The summed E-state index contributed by atoms with van der Waals surface area (Å²) in [4.78, 5) is 6.90. The van der Waals surface area contributed by atoms with Gasteiger partial charge in [0.2, 0.25) is 0 Å². The molecule has 2 N–H and O–H groups in total. The molecule has 1 fully saturated rings. The van der Waals surface area contributed by atoms with E-state index in [1.54, 1.807) is 0 Å². The van der Waals surface area contributed by atoms with E-state index >= 15 is 0 Å². The van der Waals surface area contributed by atoms with Crippen LogP contribution in [0.4, 0.5) is 0 Å². The molecule has 0 heterocycles. The third-order valence-electron chi connectivity index (χ3n) is 3.91. The first-order valence-electron chi connectivity index (χ1n) is 7.58. The van der Waals surface area contributed by atoms with Crippen molar-refractivity contribution in [2.24, 2.45) is 4.99 Å². The highest BCUT2D eigenvalue weighted by Gasteiger charge is 2.30. The Morgan fingerprint density at radius 2 is 1.95 bits per heavy atom. The number of hydrogen-bond acceptors (Lipinski definition) is 2. The van der Waals surface area contributed by atoms with E-state index in [-0.39, 0.29) is 24.0 Å². The fourth-order valence-electron chi connectivity index (χ4n) is 2.70. The van der Waals surface area contributed by atoms with Crippen LogP contribution in [0.15, 0.2) is 17.1 Å².